The molecule has 1 aliphatic heterocycles. The molecule has 8 heteroatoms. The first-order valence-electron chi connectivity index (χ1n) is 8.54. The maximum Gasteiger partial charge on any atom is 0.252 e. The van der Waals surface area contributed by atoms with Crippen molar-refractivity contribution in [1.29, 1.82) is 0 Å². The van der Waals surface area contributed by atoms with Gasteiger partial charge in [-0.2, -0.15) is 0 Å². The number of benzene rings is 3. The molecule has 0 aliphatic carbocycles. The van der Waals surface area contributed by atoms with Gasteiger partial charge in [0.1, 0.15) is 23.1 Å². The molecule has 0 saturated heterocycles. The molecule has 0 radical (unpaired) electrons. The quantitative estimate of drug-likeness (QED) is 0.503. The van der Waals surface area contributed by atoms with Gasteiger partial charge in [-0.15, -0.1) is 0 Å². The average molecular weight is 509 g/mol. The van der Waals surface area contributed by atoms with Gasteiger partial charge < -0.3 is 19.9 Å². The summed E-state index contributed by atoms with van der Waals surface area (Å²) in [4.78, 5) is 12.1. The first-order valence-corrected chi connectivity index (χ1v) is 9.62. The van der Waals surface area contributed by atoms with Crippen LogP contribution in [0.3, 0.4) is 0 Å². The van der Waals surface area contributed by atoms with Crippen LogP contribution in [-0.4, -0.2) is 12.7 Å². The Balaban J connectivity index is 1.73. The van der Waals surface area contributed by atoms with E-state index in [9.17, 15) is 13.6 Å². The topological polar surface area (TPSA) is 70.8 Å². The number of nitrogens with two attached hydrogens (primary N) is 1. The fourth-order valence-electron chi connectivity index (χ4n) is 3.07. The fraction of sp³-hybridized carbons (Fsp3) is 0.0952. The van der Waals surface area contributed by atoms with Crippen molar-refractivity contribution in [2.24, 2.45) is 5.73 Å². The summed E-state index contributed by atoms with van der Waals surface area (Å²) in [6.45, 7) is 0.0943. The van der Waals surface area contributed by atoms with Gasteiger partial charge in [0.25, 0.3) is 5.91 Å². The maximum atomic E-state index is 14.3. The molecule has 29 heavy (non-hydrogen) atoms. The molecule has 0 atom stereocenters. The van der Waals surface area contributed by atoms with Crippen molar-refractivity contribution in [2.45, 2.75) is 6.42 Å². The summed E-state index contributed by atoms with van der Waals surface area (Å²) in [6.07, 6.45) is -0.0176. The predicted octanol–water partition coefficient (Wildman–Crippen LogP) is 4.78. The smallest absolute Gasteiger partial charge is 0.252 e. The number of hydrogen-bond acceptors (Lipinski definition) is 4. The van der Waals surface area contributed by atoms with Gasteiger partial charge >= 0.3 is 0 Å². The molecule has 0 aromatic heterocycles. The summed E-state index contributed by atoms with van der Waals surface area (Å²) in [5, 5.41) is 0. The number of fused-ring (bicyclic) bond motifs is 1. The number of carbonyl (C=O) groups is 1. The van der Waals surface area contributed by atoms with E-state index >= 15 is 0 Å². The second-order valence-corrected chi connectivity index (χ2v) is 7.58. The van der Waals surface area contributed by atoms with E-state index in [1.54, 1.807) is 30.3 Å². The Morgan fingerprint density at radius 3 is 2.59 bits per heavy atom. The van der Waals surface area contributed by atoms with E-state index in [0.717, 1.165) is 15.7 Å². The van der Waals surface area contributed by atoms with Crippen LogP contribution in [0.4, 0.5) is 8.78 Å². The van der Waals surface area contributed by atoms with Crippen molar-refractivity contribution in [3.63, 3.8) is 0 Å². The minimum atomic E-state index is -0.804. The number of amides is 1. The molecule has 1 aliphatic rings. The molecule has 0 bridgehead atoms. The molecule has 1 amide bonds. The van der Waals surface area contributed by atoms with Crippen molar-refractivity contribution in [1.82, 2.24) is 0 Å². The van der Waals surface area contributed by atoms with E-state index in [2.05, 4.69) is 0 Å². The van der Waals surface area contributed by atoms with E-state index in [4.69, 9.17) is 19.9 Å². The number of carbonyl (C=O) groups excluding carboxylic acids is 1. The second-order valence-electron chi connectivity index (χ2n) is 6.33. The molecule has 0 saturated carbocycles. The number of primary amides is 1. The minimum absolute atomic E-state index is 0.0120. The monoisotopic (exact) mass is 509 g/mol. The van der Waals surface area contributed by atoms with Crippen LogP contribution in [0.25, 0.3) is 0 Å². The summed E-state index contributed by atoms with van der Waals surface area (Å²) in [5.41, 5.74) is 6.07. The highest BCUT2D eigenvalue weighted by molar-refractivity contribution is 14.1. The summed E-state index contributed by atoms with van der Waals surface area (Å²) < 4.78 is 45.6. The number of halogens is 3. The largest absolute Gasteiger partial charge is 0.456 e. The van der Waals surface area contributed by atoms with Crippen LogP contribution in [0.1, 0.15) is 21.5 Å². The third-order valence-electron chi connectivity index (χ3n) is 4.36. The number of rotatable bonds is 5. The second kappa shape index (κ2) is 7.86. The van der Waals surface area contributed by atoms with E-state index in [0.29, 0.717) is 22.8 Å². The van der Waals surface area contributed by atoms with Crippen LogP contribution in [-0.2, 0) is 6.42 Å². The van der Waals surface area contributed by atoms with Crippen LogP contribution in [0.15, 0.2) is 48.5 Å². The summed E-state index contributed by atoms with van der Waals surface area (Å²) in [5.74, 6) is -0.600. The van der Waals surface area contributed by atoms with Crippen molar-refractivity contribution < 1.29 is 27.8 Å². The molecule has 0 fully saturated rings. The standard InChI is InChI=1S/C21H14F2INO4/c22-13-6-12(5-11-1-2-14(24)8-16(11)23)20(21(25)26)19(7-13)29-15-3-4-17-18(9-15)28-10-27-17/h1-4,6-9H,5,10H2,(H2,25,26). The first-order chi connectivity index (χ1) is 13.9. The molecule has 148 valence electrons. The predicted molar refractivity (Wildman–Crippen MR) is 109 cm³/mol. The highest BCUT2D eigenvalue weighted by Crippen LogP contribution is 2.38. The highest BCUT2D eigenvalue weighted by Gasteiger charge is 2.21. The Morgan fingerprint density at radius 1 is 1.03 bits per heavy atom. The Morgan fingerprint density at radius 2 is 1.83 bits per heavy atom. The van der Waals surface area contributed by atoms with E-state index in [1.165, 1.54) is 6.07 Å². The van der Waals surface area contributed by atoms with Crippen molar-refractivity contribution in [2.75, 3.05) is 6.79 Å². The first kappa shape index (κ1) is 19.4. The van der Waals surface area contributed by atoms with E-state index in [1.807, 2.05) is 22.6 Å². The molecule has 0 unspecified atom stereocenters. The number of ether oxygens (including phenoxy) is 3. The van der Waals surface area contributed by atoms with Gasteiger partial charge in [0, 0.05) is 22.1 Å². The lowest BCUT2D eigenvalue weighted by Gasteiger charge is -2.15. The van der Waals surface area contributed by atoms with Gasteiger partial charge in [0.2, 0.25) is 6.79 Å². The van der Waals surface area contributed by atoms with Crippen molar-refractivity contribution in [3.8, 4) is 23.0 Å². The molecule has 5 nitrogen and oxygen atoms in total. The van der Waals surface area contributed by atoms with Crippen molar-refractivity contribution in [3.05, 3.63) is 80.4 Å². The molecule has 1 heterocycles. The van der Waals surface area contributed by atoms with Crippen LogP contribution >= 0.6 is 22.6 Å². The van der Waals surface area contributed by atoms with Crippen molar-refractivity contribution >= 4 is 28.5 Å². The molecule has 2 N–H and O–H groups in total. The fourth-order valence-corrected chi connectivity index (χ4v) is 3.53. The van der Waals surface area contributed by atoms with Crippen LogP contribution in [0, 0.1) is 15.2 Å². The Labute approximate surface area is 178 Å². The zero-order valence-corrected chi connectivity index (χ0v) is 17.0. The molecular weight excluding hydrogens is 495 g/mol. The van der Waals surface area contributed by atoms with Gasteiger partial charge in [0.05, 0.1) is 5.56 Å². The average Bonchev–Trinajstić information content (AvgIpc) is 3.11. The lowest BCUT2D eigenvalue weighted by Crippen LogP contribution is -2.16. The molecule has 0 spiro atoms. The molecule has 3 aromatic carbocycles. The van der Waals surface area contributed by atoms with Gasteiger partial charge in [-0.1, -0.05) is 6.07 Å². The van der Waals surface area contributed by atoms with Crippen LogP contribution in [0.2, 0.25) is 0 Å². The zero-order chi connectivity index (χ0) is 20.5. The maximum absolute atomic E-state index is 14.3. The van der Waals surface area contributed by atoms with E-state index < -0.39 is 17.5 Å². The van der Waals surface area contributed by atoms with Crippen LogP contribution in [0.5, 0.6) is 23.0 Å². The Kier molecular flexibility index (Phi) is 5.27. The molecule has 4 rings (SSSR count). The molecular formula is C21H14F2INO4. The van der Waals surface area contributed by atoms with Gasteiger partial charge in [0.15, 0.2) is 11.5 Å². The zero-order valence-electron chi connectivity index (χ0n) is 14.9. The normalized spacial score (nSPS) is 12.1. The highest BCUT2D eigenvalue weighted by atomic mass is 127. The lowest BCUT2D eigenvalue weighted by atomic mass is 9.98. The number of hydrogen-bond donors (Lipinski definition) is 1. The summed E-state index contributed by atoms with van der Waals surface area (Å²) >= 11 is 1.99. The SMILES string of the molecule is NC(=O)c1c(Cc2ccc(I)cc2F)cc(F)cc1Oc1ccc2c(c1)OCO2. The Hall–Kier alpha value is -2.88. The summed E-state index contributed by atoms with van der Waals surface area (Å²) in [6, 6.07) is 11.7. The van der Waals surface area contributed by atoms with E-state index in [-0.39, 0.29) is 30.1 Å². The van der Waals surface area contributed by atoms with Gasteiger partial charge in [-0.05, 0) is 64.0 Å². The molecule has 3 aromatic rings. The van der Waals surface area contributed by atoms with Gasteiger partial charge in [-0.3, -0.25) is 4.79 Å². The van der Waals surface area contributed by atoms with Gasteiger partial charge in [-0.25, -0.2) is 8.78 Å². The third kappa shape index (κ3) is 4.12. The lowest BCUT2D eigenvalue weighted by molar-refractivity contribution is 0.0997. The third-order valence-corrected chi connectivity index (χ3v) is 5.03. The Bertz CT molecular complexity index is 1120. The summed E-state index contributed by atoms with van der Waals surface area (Å²) in [7, 11) is 0. The minimum Gasteiger partial charge on any atom is -0.456 e. The van der Waals surface area contributed by atoms with Crippen LogP contribution < -0.4 is 19.9 Å².